The minimum Gasteiger partial charge on any atom is -0.493 e. The van der Waals surface area contributed by atoms with Crippen LogP contribution in [-0.2, 0) is 17.8 Å². The predicted octanol–water partition coefficient (Wildman–Crippen LogP) is 5.79. The Hall–Kier alpha value is -4.30. The molecule has 3 aromatic carbocycles. The zero-order valence-electron chi connectivity index (χ0n) is 19.5. The fourth-order valence-electron chi connectivity index (χ4n) is 3.53. The molecule has 5 heteroatoms. The van der Waals surface area contributed by atoms with Gasteiger partial charge in [0.15, 0.2) is 11.5 Å². The van der Waals surface area contributed by atoms with E-state index in [2.05, 4.69) is 11.9 Å². The number of nitrogens with zero attached hydrogens (tertiary/aromatic N) is 1. The van der Waals surface area contributed by atoms with Gasteiger partial charge in [-0.1, -0.05) is 66.7 Å². The second-order valence-corrected chi connectivity index (χ2v) is 7.75. The Bertz CT molecular complexity index is 1200. The molecule has 0 saturated carbocycles. The topological polar surface area (TPSA) is 71.4 Å². The van der Waals surface area contributed by atoms with Crippen LogP contribution in [0.2, 0.25) is 0 Å². The zero-order chi connectivity index (χ0) is 24.3. The predicted molar refractivity (Wildman–Crippen MR) is 134 cm³/mol. The largest absolute Gasteiger partial charge is 0.493 e. The molecular formula is C29H28N2O3. The molecule has 0 spiro atoms. The quantitative estimate of drug-likeness (QED) is 0.240. The number of rotatable bonds is 10. The summed E-state index contributed by atoms with van der Waals surface area (Å²) in [6.07, 6.45) is 3.88. The molecule has 3 rings (SSSR count). The number of methoxy groups -OCH3 is 1. The average molecular weight is 453 g/mol. The lowest BCUT2D eigenvalue weighted by Crippen LogP contribution is -2.27. The van der Waals surface area contributed by atoms with Gasteiger partial charge in [-0.3, -0.25) is 4.79 Å². The number of ether oxygens (including phenoxy) is 2. The van der Waals surface area contributed by atoms with Gasteiger partial charge in [0.25, 0.3) is 5.91 Å². The van der Waals surface area contributed by atoms with E-state index in [-0.39, 0.29) is 11.6 Å². The van der Waals surface area contributed by atoms with Crippen LogP contribution in [-0.4, -0.2) is 13.0 Å². The van der Waals surface area contributed by atoms with Crippen molar-refractivity contribution in [3.05, 3.63) is 113 Å². The third kappa shape index (κ3) is 6.36. The highest BCUT2D eigenvalue weighted by atomic mass is 16.5. The summed E-state index contributed by atoms with van der Waals surface area (Å²) in [5, 5.41) is 12.5. The van der Waals surface area contributed by atoms with Crippen molar-refractivity contribution in [2.24, 2.45) is 0 Å². The summed E-state index contributed by atoms with van der Waals surface area (Å²) in [6, 6.07) is 24.9. The van der Waals surface area contributed by atoms with Crippen molar-refractivity contribution >= 4 is 12.0 Å². The van der Waals surface area contributed by atoms with E-state index >= 15 is 0 Å². The molecule has 0 heterocycles. The van der Waals surface area contributed by atoms with Crippen LogP contribution in [0.1, 0.15) is 35.2 Å². The fraction of sp³-hybridized carbons (Fsp3) is 0.172. The lowest BCUT2D eigenvalue weighted by Gasteiger charge is -2.16. The van der Waals surface area contributed by atoms with Crippen molar-refractivity contribution in [1.29, 1.82) is 5.26 Å². The monoisotopic (exact) mass is 452 g/mol. The van der Waals surface area contributed by atoms with Crippen LogP contribution >= 0.6 is 0 Å². The van der Waals surface area contributed by atoms with Crippen molar-refractivity contribution in [3.8, 4) is 17.6 Å². The summed E-state index contributed by atoms with van der Waals surface area (Å²) >= 11 is 0. The Morgan fingerprint density at radius 3 is 2.41 bits per heavy atom. The maximum atomic E-state index is 12.8. The first kappa shape index (κ1) is 24.3. The third-order valence-corrected chi connectivity index (χ3v) is 5.29. The highest BCUT2D eigenvalue weighted by Gasteiger charge is 2.16. The van der Waals surface area contributed by atoms with Crippen LogP contribution in [0, 0.1) is 11.3 Å². The van der Waals surface area contributed by atoms with Gasteiger partial charge in [0.1, 0.15) is 18.2 Å². The van der Waals surface area contributed by atoms with Gasteiger partial charge < -0.3 is 14.8 Å². The molecule has 0 aromatic heterocycles. The lowest BCUT2D eigenvalue weighted by molar-refractivity contribution is -0.117. The molecule has 3 aromatic rings. The van der Waals surface area contributed by atoms with E-state index in [1.165, 1.54) is 0 Å². The number of nitriles is 1. The smallest absolute Gasteiger partial charge is 0.262 e. The standard InChI is InChI=1S/C29H28N2O3/c1-4-11-25-16-23(18-27(33-3)28(25)34-20-22-12-7-5-8-13-22)17-26(19-30)29(32)31-21(2)24-14-9-6-10-15-24/h4-10,12-18,21H,1,11,20H2,2-3H3,(H,31,32)/b26-17-/t21-/m1/s1. The minimum atomic E-state index is -0.438. The molecule has 0 bridgehead atoms. The Morgan fingerprint density at radius 1 is 1.12 bits per heavy atom. The maximum absolute atomic E-state index is 12.8. The molecule has 1 amide bonds. The summed E-state index contributed by atoms with van der Waals surface area (Å²) in [5.74, 6) is 0.702. The number of allylic oxidation sites excluding steroid dienone is 1. The summed E-state index contributed by atoms with van der Waals surface area (Å²) in [5.41, 5.74) is 3.52. The Labute approximate surface area is 201 Å². The Balaban J connectivity index is 1.86. The van der Waals surface area contributed by atoms with Crippen molar-refractivity contribution in [1.82, 2.24) is 5.32 Å². The van der Waals surface area contributed by atoms with Crippen molar-refractivity contribution in [2.75, 3.05) is 7.11 Å². The van der Waals surface area contributed by atoms with Crippen molar-refractivity contribution < 1.29 is 14.3 Å². The molecule has 0 aliphatic rings. The molecule has 1 atom stereocenters. The SMILES string of the molecule is C=CCc1cc(/C=C(/C#N)C(=O)N[C@H](C)c2ccccc2)cc(OC)c1OCc1ccccc1. The summed E-state index contributed by atoms with van der Waals surface area (Å²) in [6.45, 7) is 6.11. The van der Waals surface area contributed by atoms with E-state index in [1.807, 2.05) is 79.7 Å². The molecule has 0 aliphatic heterocycles. The molecule has 34 heavy (non-hydrogen) atoms. The summed E-state index contributed by atoms with van der Waals surface area (Å²) in [7, 11) is 1.56. The number of benzene rings is 3. The number of nitrogens with one attached hydrogen (secondary N) is 1. The number of amides is 1. The van der Waals surface area contributed by atoms with E-state index in [9.17, 15) is 10.1 Å². The first-order valence-electron chi connectivity index (χ1n) is 11.0. The van der Waals surface area contributed by atoms with E-state index in [1.54, 1.807) is 25.3 Å². The van der Waals surface area contributed by atoms with Crippen molar-refractivity contribution in [2.45, 2.75) is 26.0 Å². The highest BCUT2D eigenvalue weighted by Crippen LogP contribution is 2.35. The van der Waals surface area contributed by atoms with Crippen LogP contribution in [0.5, 0.6) is 11.5 Å². The van der Waals surface area contributed by atoms with E-state index in [0.717, 1.165) is 16.7 Å². The van der Waals surface area contributed by atoms with Gasteiger partial charge in [-0.2, -0.15) is 5.26 Å². The molecule has 172 valence electrons. The molecule has 0 radical (unpaired) electrons. The van der Waals surface area contributed by atoms with Gasteiger partial charge in [0, 0.05) is 5.56 Å². The zero-order valence-corrected chi connectivity index (χ0v) is 19.5. The molecule has 0 fully saturated rings. The van der Waals surface area contributed by atoms with Crippen LogP contribution in [0.3, 0.4) is 0 Å². The van der Waals surface area contributed by atoms with Crippen LogP contribution in [0.25, 0.3) is 6.08 Å². The minimum absolute atomic E-state index is 0.00680. The number of carbonyl (C=O) groups excluding carboxylic acids is 1. The van der Waals surface area contributed by atoms with Crippen molar-refractivity contribution in [3.63, 3.8) is 0 Å². The normalized spacial score (nSPS) is 11.7. The molecule has 1 N–H and O–H groups in total. The maximum Gasteiger partial charge on any atom is 0.262 e. The average Bonchev–Trinajstić information content (AvgIpc) is 2.87. The number of hydrogen-bond donors (Lipinski definition) is 1. The number of carbonyl (C=O) groups is 1. The lowest BCUT2D eigenvalue weighted by atomic mass is 10.0. The molecule has 5 nitrogen and oxygen atoms in total. The highest BCUT2D eigenvalue weighted by molar-refractivity contribution is 6.02. The third-order valence-electron chi connectivity index (χ3n) is 5.29. The first-order chi connectivity index (χ1) is 16.5. The van der Waals surface area contributed by atoms with Gasteiger partial charge >= 0.3 is 0 Å². The Morgan fingerprint density at radius 2 is 1.79 bits per heavy atom. The fourth-order valence-corrected chi connectivity index (χ4v) is 3.53. The van der Waals surface area contributed by atoms with E-state index in [0.29, 0.717) is 30.1 Å². The van der Waals surface area contributed by atoms with Gasteiger partial charge in [-0.25, -0.2) is 0 Å². The first-order valence-corrected chi connectivity index (χ1v) is 11.0. The molecule has 0 saturated heterocycles. The van der Waals surface area contributed by atoms with E-state index < -0.39 is 5.91 Å². The molecular weight excluding hydrogens is 424 g/mol. The second kappa shape index (κ2) is 12.1. The molecule has 0 unspecified atom stereocenters. The molecule has 0 aliphatic carbocycles. The Kier molecular flexibility index (Phi) is 8.65. The van der Waals surface area contributed by atoms with E-state index in [4.69, 9.17) is 9.47 Å². The summed E-state index contributed by atoms with van der Waals surface area (Å²) < 4.78 is 11.7. The van der Waals surface area contributed by atoms with Gasteiger partial charge in [-0.05, 0) is 48.2 Å². The number of hydrogen-bond acceptors (Lipinski definition) is 4. The van der Waals surface area contributed by atoms with Crippen LogP contribution in [0.4, 0.5) is 0 Å². The van der Waals surface area contributed by atoms with Crippen LogP contribution < -0.4 is 14.8 Å². The van der Waals surface area contributed by atoms with Gasteiger partial charge in [0.2, 0.25) is 0 Å². The van der Waals surface area contributed by atoms with Crippen LogP contribution in [0.15, 0.2) is 91.0 Å². The van der Waals surface area contributed by atoms with Gasteiger partial charge in [-0.15, -0.1) is 6.58 Å². The van der Waals surface area contributed by atoms with Gasteiger partial charge in [0.05, 0.1) is 13.2 Å². The second-order valence-electron chi connectivity index (χ2n) is 7.75. The summed E-state index contributed by atoms with van der Waals surface area (Å²) in [4.78, 5) is 12.8.